The van der Waals surface area contributed by atoms with E-state index in [-0.39, 0.29) is 23.8 Å². The van der Waals surface area contributed by atoms with Crippen LogP contribution in [-0.2, 0) is 9.59 Å². The van der Waals surface area contributed by atoms with Crippen molar-refractivity contribution in [2.45, 2.75) is 51.5 Å². The van der Waals surface area contributed by atoms with Gasteiger partial charge < -0.3 is 10.4 Å². The topological polar surface area (TPSA) is 79.3 Å². The molecular formula is C16H22N2O3. The number of nitrogens with zero attached hydrogens (tertiary/aromatic N) is 1. The molecule has 2 rings (SSSR count). The van der Waals surface area contributed by atoms with Crippen LogP contribution < -0.4 is 5.32 Å². The Labute approximate surface area is 124 Å². The van der Waals surface area contributed by atoms with Crippen LogP contribution in [0.4, 0.5) is 0 Å². The van der Waals surface area contributed by atoms with E-state index in [0.717, 1.165) is 31.2 Å². The molecule has 0 bridgehead atoms. The number of carboxylic acid groups (broad SMARTS) is 1. The zero-order valence-electron chi connectivity index (χ0n) is 12.3. The number of hydrogen-bond donors (Lipinski definition) is 2. The molecule has 0 unspecified atom stereocenters. The number of aromatic nitrogens is 1. The van der Waals surface area contributed by atoms with Crippen LogP contribution in [0.25, 0.3) is 0 Å². The first-order valence-corrected chi connectivity index (χ1v) is 7.42. The molecule has 1 aliphatic carbocycles. The van der Waals surface area contributed by atoms with Crippen LogP contribution in [-0.4, -0.2) is 22.0 Å². The summed E-state index contributed by atoms with van der Waals surface area (Å²) in [6, 6.07) is 3.64. The van der Waals surface area contributed by atoms with Crippen LogP contribution in [0.3, 0.4) is 0 Å². The first-order chi connectivity index (χ1) is 10.0. The van der Waals surface area contributed by atoms with Crippen LogP contribution in [0.15, 0.2) is 24.5 Å². The van der Waals surface area contributed by atoms with Crippen molar-refractivity contribution in [1.29, 1.82) is 0 Å². The number of hydrogen-bond acceptors (Lipinski definition) is 3. The fourth-order valence-corrected chi connectivity index (χ4v) is 3.21. The lowest BCUT2D eigenvalue weighted by atomic mass is 9.79. The van der Waals surface area contributed by atoms with Gasteiger partial charge in [0.1, 0.15) is 0 Å². The third-order valence-electron chi connectivity index (χ3n) is 4.29. The quantitative estimate of drug-likeness (QED) is 0.844. The second-order valence-corrected chi connectivity index (χ2v) is 6.03. The van der Waals surface area contributed by atoms with E-state index >= 15 is 0 Å². The third-order valence-corrected chi connectivity index (χ3v) is 4.29. The number of aliphatic carboxylic acids is 1. The van der Waals surface area contributed by atoms with Gasteiger partial charge in [-0.05, 0) is 36.8 Å². The molecule has 5 heteroatoms. The minimum absolute atomic E-state index is 0.0745. The molecule has 2 N–H and O–H groups in total. The van der Waals surface area contributed by atoms with Crippen molar-refractivity contribution >= 4 is 11.9 Å². The Balaban J connectivity index is 1.95. The molecule has 114 valence electrons. The van der Waals surface area contributed by atoms with E-state index in [9.17, 15) is 9.59 Å². The van der Waals surface area contributed by atoms with E-state index in [1.807, 2.05) is 19.1 Å². The van der Waals surface area contributed by atoms with E-state index < -0.39 is 5.97 Å². The van der Waals surface area contributed by atoms with Crippen molar-refractivity contribution in [2.75, 3.05) is 0 Å². The molecule has 1 aliphatic rings. The minimum atomic E-state index is -0.815. The molecule has 1 heterocycles. The number of carbonyl (C=O) groups is 2. The molecule has 21 heavy (non-hydrogen) atoms. The summed E-state index contributed by atoms with van der Waals surface area (Å²) in [6.45, 7) is 1.91. The fraction of sp³-hybridized carbons (Fsp3) is 0.562. The molecule has 0 aliphatic heterocycles. The van der Waals surface area contributed by atoms with E-state index in [1.54, 1.807) is 12.4 Å². The van der Waals surface area contributed by atoms with Crippen molar-refractivity contribution in [1.82, 2.24) is 10.3 Å². The summed E-state index contributed by atoms with van der Waals surface area (Å²) in [4.78, 5) is 27.3. The number of carbonyl (C=O) groups excluding carboxylic acids is 1. The molecule has 0 aromatic carbocycles. The van der Waals surface area contributed by atoms with E-state index in [0.29, 0.717) is 6.42 Å². The Morgan fingerprint density at radius 2 is 2.10 bits per heavy atom. The lowest BCUT2D eigenvalue weighted by Crippen LogP contribution is -2.33. The lowest BCUT2D eigenvalue weighted by Gasteiger charge is -2.27. The van der Waals surface area contributed by atoms with Gasteiger partial charge in [-0.3, -0.25) is 14.6 Å². The number of pyridine rings is 1. The molecule has 0 saturated heterocycles. The summed E-state index contributed by atoms with van der Waals surface area (Å²) in [7, 11) is 0. The Hall–Kier alpha value is -1.91. The van der Waals surface area contributed by atoms with Crippen molar-refractivity contribution in [3.63, 3.8) is 0 Å². The average Bonchev–Trinajstić information content (AvgIpc) is 2.86. The van der Waals surface area contributed by atoms with Crippen LogP contribution in [0.1, 0.15) is 57.1 Å². The second kappa shape index (κ2) is 6.70. The Bertz CT molecular complexity index is 496. The molecule has 1 saturated carbocycles. The first kappa shape index (κ1) is 15.5. The zero-order valence-corrected chi connectivity index (χ0v) is 12.3. The molecule has 1 aromatic rings. The van der Waals surface area contributed by atoms with Gasteiger partial charge in [0.2, 0.25) is 5.91 Å². The highest BCUT2D eigenvalue weighted by atomic mass is 16.4. The van der Waals surface area contributed by atoms with Crippen LogP contribution in [0, 0.1) is 5.41 Å². The predicted molar refractivity (Wildman–Crippen MR) is 78.6 cm³/mol. The normalized spacial score (nSPS) is 18.1. The van der Waals surface area contributed by atoms with Gasteiger partial charge in [-0.1, -0.05) is 18.9 Å². The highest BCUT2D eigenvalue weighted by Crippen LogP contribution is 2.44. The van der Waals surface area contributed by atoms with E-state index in [2.05, 4.69) is 10.3 Å². The summed E-state index contributed by atoms with van der Waals surface area (Å²) >= 11 is 0. The van der Waals surface area contributed by atoms with Gasteiger partial charge in [0, 0.05) is 18.8 Å². The third kappa shape index (κ3) is 4.28. The van der Waals surface area contributed by atoms with Crippen LogP contribution in [0.2, 0.25) is 0 Å². The van der Waals surface area contributed by atoms with Crippen molar-refractivity contribution < 1.29 is 14.7 Å². The zero-order chi connectivity index (χ0) is 15.3. The fourth-order valence-electron chi connectivity index (χ4n) is 3.21. The Morgan fingerprint density at radius 3 is 2.67 bits per heavy atom. The van der Waals surface area contributed by atoms with Gasteiger partial charge in [0.25, 0.3) is 0 Å². The summed E-state index contributed by atoms with van der Waals surface area (Å²) in [6.07, 6.45) is 7.48. The van der Waals surface area contributed by atoms with Gasteiger partial charge in [0.15, 0.2) is 0 Å². The maximum Gasteiger partial charge on any atom is 0.303 e. The summed E-state index contributed by atoms with van der Waals surface area (Å²) in [5.41, 5.74) is 0.592. The average molecular weight is 290 g/mol. The smallest absolute Gasteiger partial charge is 0.303 e. The first-order valence-electron chi connectivity index (χ1n) is 7.42. The Kier molecular flexibility index (Phi) is 4.94. The molecule has 1 atom stereocenters. The SMILES string of the molecule is C[C@H](NC(=O)CC1(CC(=O)O)CCCC1)c1cccnc1. The van der Waals surface area contributed by atoms with Crippen molar-refractivity contribution in [3.05, 3.63) is 30.1 Å². The summed E-state index contributed by atoms with van der Waals surface area (Å²) in [5.74, 6) is -0.889. The minimum Gasteiger partial charge on any atom is -0.481 e. The van der Waals surface area contributed by atoms with Gasteiger partial charge in [-0.25, -0.2) is 0 Å². The highest BCUT2D eigenvalue weighted by molar-refractivity contribution is 5.78. The number of amides is 1. The maximum atomic E-state index is 12.2. The molecule has 1 aromatic heterocycles. The van der Waals surface area contributed by atoms with Crippen LogP contribution in [0.5, 0.6) is 0 Å². The van der Waals surface area contributed by atoms with Gasteiger partial charge in [0.05, 0.1) is 12.5 Å². The molecule has 0 radical (unpaired) electrons. The van der Waals surface area contributed by atoms with Gasteiger partial charge in [-0.15, -0.1) is 0 Å². The molecular weight excluding hydrogens is 268 g/mol. The summed E-state index contributed by atoms with van der Waals surface area (Å²) < 4.78 is 0. The monoisotopic (exact) mass is 290 g/mol. The largest absolute Gasteiger partial charge is 0.481 e. The number of rotatable bonds is 6. The number of carboxylic acids is 1. The second-order valence-electron chi connectivity index (χ2n) is 6.03. The maximum absolute atomic E-state index is 12.2. The molecule has 1 fully saturated rings. The van der Waals surface area contributed by atoms with Gasteiger partial charge >= 0.3 is 5.97 Å². The van der Waals surface area contributed by atoms with Gasteiger partial charge in [-0.2, -0.15) is 0 Å². The predicted octanol–water partition coefficient (Wildman–Crippen LogP) is 2.68. The summed E-state index contributed by atoms with van der Waals surface area (Å²) in [5, 5.41) is 12.0. The standard InChI is InChI=1S/C16H22N2O3/c1-12(13-5-4-8-17-11-13)18-14(19)9-16(10-15(20)21)6-2-3-7-16/h4-5,8,11-12H,2-3,6-7,9-10H2,1H3,(H,18,19)(H,20,21)/t12-/m0/s1. The van der Waals surface area contributed by atoms with Crippen molar-refractivity contribution in [3.8, 4) is 0 Å². The highest BCUT2D eigenvalue weighted by Gasteiger charge is 2.38. The van der Waals surface area contributed by atoms with Crippen LogP contribution >= 0.6 is 0 Å². The molecule has 5 nitrogen and oxygen atoms in total. The molecule has 0 spiro atoms. The van der Waals surface area contributed by atoms with E-state index in [1.165, 1.54) is 0 Å². The number of nitrogens with one attached hydrogen (secondary N) is 1. The Morgan fingerprint density at radius 1 is 1.38 bits per heavy atom. The van der Waals surface area contributed by atoms with E-state index in [4.69, 9.17) is 5.11 Å². The lowest BCUT2D eigenvalue weighted by molar-refractivity contribution is -0.140. The van der Waals surface area contributed by atoms with Crippen molar-refractivity contribution in [2.24, 2.45) is 5.41 Å². The molecule has 1 amide bonds.